The van der Waals surface area contributed by atoms with E-state index in [0.717, 1.165) is 10.0 Å². The molecule has 0 amide bonds. The highest BCUT2D eigenvalue weighted by molar-refractivity contribution is 9.10. The van der Waals surface area contributed by atoms with Crippen LogP contribution >= 0.6 is 15.9 Å². The second-order valence-electron chi connectivity index (χ2n) is 3.80. The second-order valence-corrected chi connectivity index (χ2v) is 4.72. The average Bonchev–Trinajstić information content (AvgIpc) is 2.41. The SMILES string of the molecule is COc1cnccc1C(=O)Cc1ccc(Br)cc1. The molecule has 18 heavy (non-hydrogen) atoms. The number of pyridine rings is 1. The zero-order chi connectivity index (χ0) is 13.0. The molecule has 0 spiro atoms. The lowest BCUT2D eigenvalue weighted by molar-refractivity contribution is 0.0990. The number of nitrogens with zero attached hydrogens (tertiary/aromatic N) is 1. The molecule has 1 heterocycles. The van der Waals surface area contributed by atoms with Gasteiger partial charge in [0.05, 0.1) is 18.9 Å². The van der Waals surface area contributed by atoms with Crippen LogP contribution in [0.1, 0.15) is 15.9 Å². The number of hydrogen-bond acceptors (Lipinski definition) is 3. The van der Waals surface area contributed by atoms with Gasteiger partial charge in [-0.25, -0.2) is 0 Å². The van der Waals surface area contributed by atoms with Crippen LogP contribution in [0, 0.1) is 0 Å². The molecule has 0 saturated heterocycles. The van der Waals surface area contributed by atoms with Gasteiger partial charge in [-0.15, -0.1) is 0 Å². The Kier molecular flexibility index (Phi) is 4.10. The Bertz CT molecular complexity index is 552. The normalized spacial score (nSPS) is 10.1. The number of methoxy groups -OCH3 is 1. The molecule has 0 N–H and O–H groups in total. The first-order chi connectivity index (χ1) is 8.70. The number of rotatable bonds is 4. The summed E-state index contributed by atoms with van der Waals surface area (Å²) in [7, 11) is 1.54. The minimum atomic E-state index is 0.0246. The standard InChI is InChI=1S/C14H12BrNO2/c1-18-14-9-16-7-6-12(14)13(17)8-10-2-4-11(15)5-3-10/h2-7,9H,8H2,1H3. The zero-order valence-electron chi connectivity index (χ0n) is 9.89. The Morgan fingerprint density at radius 3 is 2.67 bits per heavy atom. The van der Waals surface area contributed by atoms with E-state index in [-0.39, 0.29) is 5.78 Å². The average molecular weight is 306 g/mol. The number of aromatic nitrogens is 1. The zero-order valence-corrected chi connectivity index (χ0v) is 11.5. The molecule has 1 aromatic carbocycles. The van der Waals surface area contributed by atoms with Gasteiger partial charge < -0.3 is 4.74 Å². The lowest BCUT2D eigenvalue weighted by atomic mass is 10.0. The van der Waals surface area contributed by atoms with Crippen LogP contribution in [0.3, 0.4) is 0 Å². The highest BCUT2D eigenvalue weighted by Gasteiger charge is 2.12. The maximum Gasteiger partial charge on any atom is 0.171 e. The van der Waals surface area contributed by atoms with Gasteiger partial charge in [-0.3, -0.25) is 9.78 Å². The number of carbonyl (C=O) groups excluding carboxylic acids is 1. The van der Waals surface area contributed by atoms with Crippen molar-refractivity contribution < 1.29 is 9.53 Å². The van der Waals surface area contributed by atoms with E-state index >= 15 is 0 Å². The van der Waals surface area contributed by atoms with Crippen molar-refractivity contribution in [3.63, 3.8) is 0 Å². The predicted molar refractivity (Wildman–Crippen MR) is 73.0 cm³/mol. The predicted octanol–water partition coefficient (Wildman–Crippen LogP) is 3.28. The number of benzene rings is 1. The van der Waals surface area contributed by atoms with Crippen molar-refractivity contribution in [2.45, 2.75) is 6.42 Å². The van der Waals surface area contributed by atoms with Gasteiger partial charge in [-0.2, -0.15) is 0 Å². The Morgan fingerprint density at radius 1 is 1.28 bits per heavy atom. The summed E-state index contributed by atoms with van der Waals surface area (Å²) in [5.74, 6) is 0.538. The monoisotopic (exact) mass is 305 g/mol. The molecule has 0 unspecified atom stereocenters. The summed E-state index contributed by atoms with van der Waals surface area (Å²) in [6.45, 7) is 0. The molecule has 0 radical (unpaired) electrons. The van der Waals surface area contributed by atoms with Crippen LogP contribution in [0.2, 0.25) is 0 Å². The first kappa shape index (κ1) is 12.8. The van der Waals surface area contributed by atoms with Crippen LogP contribution < -0.4 is 4.74 Å². The van der Waals surface area contributed by atoms with E-state index in [1.807, 2.05) is 24.3 Å². The number of hydrogen-bond donors (Lipinski definition) is 0. The molecular weight excluding hydrogens is 294 g/mol. The van der Waals surface area contributed by atoms with E-state index in [4.69, 9.17) is 4.74 Å². The third-order valence-corrected chi connectivity index (χ3v) is 3.11. The molecule has 2 rings (SSSR count). The third kappa shape index (κ3) is 2.96. The first-order valence-corrected chi connectivity index (χ1v) is 6.25. The number of ketones is 1. The molecule has 1 aromatic heterocycles. The van der Waals surface area contributed by atoms with Gasteiger partial charge in [0.25, 0.3) is 0 Å². The topological polar surface area (TPSA) is 39.2 Å². The molecule has 0 aliphatic carbocycles. The number of halogens is 1. The van der Waals surface area contributed by atoms with Gasteiger partial charge in [-0.05, 0) is 23.8 Å². The van der Waals surface area contributed by atoms with Crippen molar-refractivity contribution in [3.8, 4) is 5.75 Å². The van der Waals surface area contributed by atoms with Gasteiger partial charge in [0.1, 0.15) is 5.75 Å². The molecular formula is C14H12BrNO2. The van der Waals surface area contributed by atoms with Crippen LogP contribution in [0.5, 0.6) is 5.75 Å². The minimum absolute atomic E-state index is 0.0246. The molecule has 0 bridgehead atoms. The fourth-order valence-electron chi connectivity index (χ4n) is 1.66. The molecule has 2 aromatic rings. The molecule has 0 fully saturated rings. The van der Waals surface area contributed by atoms with E-state index in [1.54, 1.807) is 18.5 Å². The van der Waals surface area contributed by atoms with Gasteiger partial charge in [0.2, 0.25) is 0 Å². The van der Waals surface area contributed by atoms with Gasteiger partial charge >= 0.3 is 0 Å². The van der Waals surface area contributed by atoms with Crippen LogP contribution in [-0.4, -0.2) is 17.9 Å². The summed E-state index contributed by atoms with van der Waals surface area (Å²) in [6, 6.07) is 9.38. The lowest BCUT2D eigenvalue weighted by Crippen LogP contribution is -2.06. The summed E-state index contributed by atoms with van der Waals surface area (Å²) in [5, 5.41) is 0. The summed E-state index contributed by atoms with van der Waals surface area (Å²) >= 11 is 3.37. The van der Waals surface area contributed by atoms with E-state index < -0.39 is 0 Å². The summed E-state index contributed by atoms with van der Waals surface area (Å²) < 4.78 is 6.13. The van der Waals surface area contributed by atoms with Crippen molar-refractivity contribution in [1.29, 1.82) is 0 Å². The maximum absolute atomic E-state index is 12.2. The Labute approximate surface area is 114 Å². The van der Waals surface area contributed by atoms with Crippen LogP contribution in [0.4, 0.5) is 0 Å². The molecule has 0 aliphatic heterocycles. The van der Waals surface area contributed by atoms with Crippen molar-refractivity contribution in [2.75, 3.05) is 7.11 Å². The fourth-order valence-corrected chi connectivity index (χ4v) is 1.92. The third-order valence-electron chi connectivity index (χ3n) is 2.58. The van der Waals surface area contributed by atoms with E-state index in [2.05, 4.69) is 20.9 Å². The van der Waals surface area contributed by atoms with Crippen molar-refractivity contribution in [2.24, 2.45) is 0 Å². The van der Waals surface area contributed by atoms with Gasteiger partial charge in [-0.1, -0.05) is 28.1 Å². The summed E-state index contributed by atoms with van der Waals surface area (Å²) in [5.41, 5.74) is 1.54. The maximum atomic E-state index is 12.2. The summed E-state index contributed by atoms with van der Waals surface area (Å²) in [6.07, 6.45) is 3.50. The van der Waals surface area contributed by atoms with Crippen molar-refractivity contribution in [1.82, 2.24) is 4.98 Å². The Hall–Kier alpha value is -1.68. The largest absolute Gasteiger partial charge is 0.494 e. The Balaban J connectivity index is 2.19. The van der Waals surface area contributed by atoms with Gasteiger partial charge in [0.15, 0.2) is 5.78 Å². The first-order valence-electron chi connectivity index (χ1n) is 5.46. The minimum Gasteiger partial charge on any atom is -0.494 e. The molecule has 4 heteroatoms. The van der Waals surface area contributed by atoms with Crippen LogP contribution in [0.25, 0.3) is 0 Å². The number of ether oxygens (including phenoxy) is 1. The molecule has 92 valence electrons. The molecule has 3 nitrogen and oxygen atoms in total. The smallest absolute Gasteiger partial charge is 0.171 e. The number of carbonyl (C=O) groups is 1. The van der Waals surface area contributed by atoms with Gasteiger partial charge in [0, 0.05) is 17.1 Å². The fraction of sp³-hybridized carbons (Fsp3) is 0.143. The Morgan fingerprint density at radius 2 is 2.00 bits per heavy atom. The number of Topliss-reactive ketones (excluding diaryl/α,β-unsaturated/α-hetero) is 1. The van der Waals surface area contributed by atoms with E-state index in [9.17, 15) is 4.79 Å². The highest BCUT2D eigenvalue weighted by Crippen LogP contribution is 2.19. The quantitative estimate of drug-likeness (QED) is 0.814. The van der Waals surface area contributed by atoms with E-state index in [1.165, 1.54) is 7.11 Å². The molecule has 0 aliphatic rings. The lowest BCUT2D eigenvalue weighted by Gasteiger charge is -2.06. The molecule has 0 saturated carbocycles. The van der Waals surface area contributed by atoms with E-state index in [0.29, 0.717) is 17.7 Å². The van der Waals surface area contributed by atoms with Crippen LogP contribution in [-0.2, 0) is 6.42 Å². The van der Waals surface area contributed by atoms with Crippen LogP contribution in [0.15, 0.2) is 47.2 Å². The van der Waals surface area contributed by atoms with Crippen molar-refractivity contribution in [3.05, 3.63) is 58.3 Å². The van der Waals surface area contributed by atoms with Crippen molar-refractivity contribution >= 4 is 21.7 Å². The second kappa shape index (κ2) is 5.78. The summed E-state index contributed by atoms with van der Waals surface area (Å²) in [4.78, 5) is 16.1. The highest BCUT2D eigenvalue weighted by atomic mass is 79.9. The molecule has 0 atom stereocenters.